The monoisotopic (exact) mass is 313 g/mol. The summed E-state index contributed by atoms with van der Waals surface area (Å²) in [4.78, 5) is 14.9. The number of benzene rings is 3. The van der Waals surface area contributed by atoms with E-state index in [1.807, 2.05) is 53.4 Å². The van der Waals surface area contributed by atoms with E-state index in [0.29, 0.717) is 6.54 Å². The maximum Gasteiger partial charge on any atom is 0.254 e. The average molecular weight is 313 g/mol. The third-order valence-corrected chi connectivity index (χ3v) is 4.63. The molecule has 2 nitrogen and oxygen atoms in total. The van der Waals surface area contributed by atoms with Crippen molar-refractivity contribution in [1.82, 2.24) is 4.90 Å². The summed E-state index contributed by atoms with van der Waals surface area (Å²) in [6.07, 6.45) is 0.902. The van der Waals surface area contributed by atoms with Crippen molar-refractivity contribution in [3.63, 3.8) is 0 Å². The van der Waals surface area contributed by atoms with Crippen LogP contribution >= 0.6 is 0 Å². The minimum absolute atomic E-state index is 0.137. The Hall–Kier alpha value is -2.87. The maximum absolute atomic E-state index is 12.9. The van der Waals surface area contributed by atoms with Gasteiger partial charge >= 0.3 is 0 Å². The average Bonchev–Trinajstić information content (AvgIpc) is 2.65. The summed E-state index contributed by atoms with van der Waals surface area (Å²) >= 11 is 0. The summed E-state index contributed by atoms with van der Waals surface area (Å²) < 4.78 is 0. The normalized spacial score (nSPS) is 13.7. The van der Waals surface area contributed by atoms with Gasteiger partial charge in [-0.05, 0) is 34.7 Å². The molecule has 118 valence electrons. The van der Waals surface area contributed by atoms with E-state index < -0.39 is 0 Å². The van der Waals surface area contributed by atoms with E-state index in [0.717, 1.165) is 18.5 Å². The zero-order valence-corrected chi connectivity index (χ0v) is 13.5. The van der Waals surface area contributed by atoms with Crippen molar-refractivity contribution < 1.29 is 4.79 Å². The lowest BCUT2D eigenvalue weighted by Crippen LogP contribution is -2.37. The van der Waals surface area contributed by atoms with Crippen molar-refractivity contribution in [3.05, 3.63) is 95.6 Å². The molecule has 0 bridgehead atoms. The van der Waals surface area contributed by atoms with Crippen LogP contribution < -0.4 is 0 Å². The van der Waals surface area contributed by atoms with Gasteiger partial charge in [0.25, 0.3) is 5.91 Å². The Morgan fingerprint density at radius 3 is 2.17 bits per heavy atom. The van der Waals surface area contributed by atoms with Gasteiger partial charge < -0.3 is 4.90 Å². The van der Waals surface area contributed by atoms with Gasteiger partial charge in [-0.15, -0.1) is 0 Å². The van der Waals surface area contributed by atoms with Crippen LogP contribution in [0.4, 0.5) is 0 Å². The first-order valence-corrected chi connectivity index (χ1v) is 8.33. The molecular formula is C22H19NO. The van der Waals surface area contributed by atoms with E-state index in [-0.39, 0.29) is 5.91 Å². The molecule has 1 amide bonds. The predicted molar refractivity (Wildman–Crippen MR) is 96.8 cm³/mol. The number of rotatable bonds is 3. The lowest BCUT2D eigenvalue weighted by molar-refractivity contribution is 0.0727. The molecule has 0 saturated carbocycles. The fourth-order valence-electron chi connectivity index (χ4n) is 3.42. The second kappa shape index (κ2) is 6.32. The molecule has 0 fully saturated rings. The second-order valence-electron chi connectivity index (χ2n) is 6.16. The Bertz CT molecular complexity index is 856. The first-order chi connectivity index (χ1) is 11.8. The highest BCUT2D eigenvalue weighted by Gasteiger charge is 2.26. The van der Waals surface area contributed by atoms with Crippen molar-refractivity contribution in [2.45, 2.75) is 13.0 Å². The van der Waals surface area contributed by atoms with E-state index in [2.05, 4.69) is 30.3 Å². The standard InChI is InChI=1S/C22H19NO/c24-22-21-13-7-12-19(18-10-5-2-6-11-18)20(21)14-15-23(22)16-17-8-3-1-4-9-17/h1-13H,14-16H2. The third kappa shape index (κ3) is 2.71. The minimum Gasteiger partial charge on any atom is -0.334 e. The van der Waals surface area contributed by atoms with Crippen molar-refractivity contribution in [2.75, 3.05) is 6.54 Å². The Morgan fingerprint density at radius 2 is 1.42 bits per heavy atom. The predicted octanol–water partition coefficient (Wildman–Crippen LogP) is 4.55. The van der Waals surface area contributed by atoms with Gasteiger partial charge in [0.05, 0.1) is 0 Å². The number of amides is 1. The molecule has 0 aliphatic carbocycles. The van der Waals surface area contributed by atoms with Crippen LogP contribution in [-0.2, 0) is 13.0 Å². The summed E-state index contributed by atoms with van der Waals surface area (Å²) in [6, 6.07) is 26.6. The molecule has 0 spiro atoms. The molecule has 0 unspecified atom stereocenters. The SMILES string of the molecule is O=C1c2cccc(-c3ccccc3)c2CCN1Cc1ccccc1. The molecule has 24 heavy (non-hydrogen) atoms. The van der Waals surface area contributed by atoms with Crippen molar-refractivity contribution in [2.24, 2.45) is 0 Å². The van der Waals surface area contributed by atoms with Gasteiger partial charge in [-0.1, -0.05) is 72.8 Å². The zero-order chi connectivity index (χ0) is 16.4. The van der Waals surface area contributed by atoms with Gasteiger partial charge in [0.15, 0.2) is 0 Å². The summed E-state index contributed by atoms with van der Waals surface area (Å²) in [7, 11) is 0. The summed E-state index contributed by atoms with van der Waals surface area (Å²) in [5.41, 5.74) is 5.56. The van der Waals surface area contributed by atoms with Gasteiger partial charge in [-0.2, -0.15) is 0 Å². The molecular weight excluding hydrogens is 294 g/mol. The lowest BCUT2D eigenvalue weighted by Gasteiger charge is -2.30. The number of carbonyl (C=O) groups excluding carboxylic acids is 1. The first-order valence-electron chi connectivity index (χ1n) is 8.33. The first kappa shape index (κ1) is 14.7. The van der Waals surface area contributed by atoms with Crippen LogP contribution in [0.3, 0.4) is 0 Å². The van der Waals surface area contributed by atoms with Crippen LogP contribution in [0.2, 0.25) is 0 Å². The topological polar surface area (TPSA) is 20.3 Å². The quantitative estimate of drug-likeness (QED) is 0.694. The maximum atomic E-state index is 12.9. The number of hydrogen-bond acceptors (Lipinski definition) is 1. The molecule has 3 aromatic carbocycles. The smallest absolute Gasteiger partial charge is 0.254 e. The van der Waals surface area contributed by atoms with Gasteiger partial charge in [0.2, 0.25) is 0 Å². The van der Waals surface area contributed by atoms with Crippen LogP contribution in [0, 0.1) is 0 Å². The van der Waals surface area contributed by atoms with Gasteiger partial charge in [-0.3, -0.25) is 4.79 Å². The van der Waals surface area contributed by atoms with E-state index in [4.69, 9.17) is 0 Å². The molecule has 0 N–H and O–H groups in total. The van der Waals surface area contributed by atoms with Gasteiger partial charge in [0, 0.05) is 18.7 Å². The number of fused-ring (bicyclic) bond motifs is 1. The van der Waals surface area contributed by atoms with Crippen molar-refractivity contribution >= 4 is 5.91 Å². The minimum atomic E-state index is 0.137. The highest BCUT2D eigenvalue weighted by atomic mass is 16.2. The van der Waals surface area contributed by atoms with Crippen LogP contribution in [0.15, 0.2) is 78.9 Å². The molecule has 0 radical (unpaired) electrons. The molecule has 4 rings (SSSR count). The summed E-state index contributed by atoms with van der Waals surface area (Å²) in [5.74, 6) is 0.137. The van der Waals surface area contributed by atoms with Crippen molar-refractivity contribution in [1.29, 1.82) is 0 Å². The van der Waals surface area contributed by atoms with Crippen LogP contribution in [0.1, 0.15) is 21.5 Å². The third-order valence-electron chi connectivity index (χ3n) is 4.63. The van der Waals surface area contributed by atoms with Crippen LogP contribution in [0.25, 0.3) is 11.1 Å². The Balaban J connectivity index is 1.67. The summed E-state index contributed by atoms with van der Waals surface area (Å²) in [5, 5.41) is 0. The van der Waals surface area contributed by atoms with E-state index in [1.54, 1.807) is 0 Å². The number of carbonyl (C=O) groups is 1. The summed E-state index contributed by atoms with van der Waals surface area (Å²) in [6.45, 7) is 1.44. The Morgan fingerprint density at radius 1 is 0.750 bits per heavy atom. The highest BCUT2D eigenvalue weighted by Crippen LogP contribution is 2.30. The molecule has 0 aromatic heterocycles. The van der Waals surface area contributed by atoms with Crippen LogP contribution in [0.5, 0.6) is 0 Å². The fourth-order valence-corrected chi connectivity index (χ4v) is 3.42. The van der Waals surface area contributed by atoms with Gasteiger partial charge in [0.1, 0.15) is 0 Å². The Labute approximate surface area is 142 Å². The Kier molecular flexibility index (Phi) is 3.87. The molecule has 0 saturated heterocycles. The molecule has 2 heteroatoms. The van der Waals surface area contributed by atoms with E-state index in [9.17, 15) is 4.79 Å². The zero-order valence-electron chi connectivity index (χ0n) is 13.5. The molecule has 3 aromatic rings. The van der Waals surface area contributed by atoms with Crippen molar-refractivity contribution in [3.8, 4) is 11.1 Å². The largest absolute Gasteiger partial charge is 0.334 e. The van der Waals surface area contributed by atoms with E-state index in [1.165, 1.54) is 22.3 Å². The van der Waals surface area contributed by atoms with Gasteiger partial charge in [-0.25, -0.2) is 0 Å². The van der Waals surface area contributed by atoms with Crippen LogP contribution in [-0.4, -0.2) is 17.4 Å². The molecule has 1 aliphatic heterocycles. The lowest BCUT2D eigenvalue weighted by atomic mass is 9.90. The second-order valence-corrected chi connectivity index (χ2v) is 6.16. The number of nitrogens with zero attached hydrogens (tertiary/aromatic N) is 1. The number of hydrogen-bond donors (Lipinski definition) is 0. The highest BCUT2D eigenvalue weighted by molar-refractivity contribution is 5.98. The molecule has 0 atom stereocenters. The van der Waals surface area contributed by atoms with E-state index >= 15 is 0 Å². The molecule has 1 aliphatic rings. The molecule has 1 heterocycles. The fraction of sp³-hybridized carbons (Fsp3) is 0.136.